The number of halogens is 1. The van der Waals surface area contributed by atoms with E-state index in [1.807, 2.05) is 19.2 Å². The standard InChI is InChI=1S/C22H27BrN6O/c1-13-3-5-22(19(13)24)6-9-29(10-7-22)21-27-15-12-26-18(17(15)20(30)28(21)2)14-4-8-25-16(23)11-14/h4,8,11,13,19H,3,5-7,9-10,12,24H2,1-2H3/t13-,19-/m1/s1. The molecule has 2 atom stereocenters. The summed E-state index contributed by atoms with van der Waals surface area (Å²) in [6.45, 7) is 4.50. The second-order valence-corrected chi connectivity index (χ2v) is 9.83. The maximum absolute atomic E-state index is 13.3. The fraction of sp³-hybridized carbons (Fsp3) is 0.545. The van der Waals surface area contributed by atoms with Crippen molar-refractivity contribution < 1.29 is 0 Å². The first-order chi connectivity index (χ1) is 14.4. The van der Waals surface area contributed by atoms with Gasteiger partial charge in [-0.05, 0) is 65.1 Å². The highest BCUT2D eigenvalue weighted by atomic mass is 79.9. The average Bonchev–Trinajstić information content (AvgIpc) is 3.29. The topological polar surface area (TPSA) is 89.4 Å². The second-order valence-electron chi connectivity index (χ2n) is 9.02. The lowest BCUT2D eigenvalue weighted by Crippen LogP contribution is -2.49. The maximum atomic E-state index is 13.3. The van der Waals surface area contributed by atoms with Crippen LogP contribution in [0.25, 0.3) is 0 Å². The number of anilines is 1. The van der Waals surface area contributed by atoms with Crippen LogP contribution in [0.3, 0.4) is 0 Å². The highest BCUT2D eigenvalue weighted by molar-refractivity contribution is 9.10. The van der Waals surface area contributed by atoms with Crippen LogP contribution in [0.2, 0.25) is 0 Å². The first-order valence-corrected chi connectivity index (χ1v) is 11.5. The molecule has 3 aliphatic rings. The van der Waals surface area contributed by atoms with E-state index in [9.17, 15) is 4.79 Å². The van der Waals surface area contributed by atoms with Gasteiger partial charge < -0.3 is 10.6 Å². The van der Waals surface area contributed by atoms with Gasteiger partial charge in [-0.25, -0.2) is 9.97 Å². The van der Waals surface area contributed by atoms with Gasteiger partial charge in [0, 0.05) is 37.9 Å². The van der Waals surface area contributed by atoms with E-state index in [4.69, 9.17) is 10.7 Å². The molecule has 8 heteroatoms. The van der Waals surface area contributed by atoms with Crippen molar-refractivity contribution >= 4 is 27.6 Å². The monoisotopic (exact) mass is 470 g/mol. The van der Waals surface area contributed by atoms with Crippen LogP contribution in [0, 0.1) is 11.3 Å². The van der Waals surface area contributed by atoms with E-state index in [0.717, 1.165) is 47.7 Å². The molecule has 0 bridgehead atoms. The largest absolute Gasteiger partial charge is 0.342 e. The van der Waals surface area contributed by atoms with E-state index in [1.165, 1.54) is 12.8 Å². The Labute approximate surface area is 184 Å². The number of aliphatic imine (C=N–C) groups is 1. The van der Waals surface area contributed by atoms with Crippen molar-refractivity contribution in [3.63, 3.8) is 0 Å². The molecule has 1 aliphatic carbocycles. The van der Waals surface area contributed by atoms with E-state index in [0.29, 0.717) is 23.7 Å². The number of aromatic nitrogens is 3. The maximum Gasteiger partial charge on any atom is 0.264 e. The molecule has 2 aromatic rings. The lowest BCUT2D eigenvalue weighted by molar-refractivity contribution is 0.185. The molecule has 30 heavy (non-hydrogen) atoms. The molecular weight excluding hydrogens is 444 g/mol. The van der Waals surface area contributed by atoms with Crippen molar-refractivity contribution in [3.8, 4) is 0 Å². The summed E-state index contributed by atoms with van der Waals surface area (Å²) in [6, 6.07) is 4.05. The summed E-state index contributed by atoms with van der Waals surface area (Å²) in [5.74, 6) is 1.35. The Morgan fingerprint density at radius 3 is 2.70 bits per heavy atom. The molecule has 0 aromatic carbocycles. The first-order valence-electron chi connectivity index (χ1n) is 10.7. The van der Waals surface area contributed by atoms with Crippen LogP contribution in [-0.4, -0.2) is 39.4 Å². The molecule has 0 unspecified atom stereocenters. The summed E-state index contributed by atoms with van der Waals surface area (Å²) < 4.78 is 2.41. The quantitative estimate of drug-likeness (QED) is 0.681. The van der Waals surface area contributed by atoms with Crippen LogP contribution in [0.5, 0.6) is 0 Å². The molecule has 2 N–H and O–H groups in total. The Morgan fingerprint density at radius 1 is 1.27 bits per heavy atom. The zero-order chi connectivity index (χ0) is 21.0. The molecule has 7 nitrogen and oxygen atoms in total. The summed E-state index contributed by atoms with van der Waals surface area (Å²) in [5.41, 5.74) is 9.76. The van der Waals surface area contributed by atoms with Crippen LogP contribution in [-0.2, 0) is 13.6 Å². The highest BCUT2D eigenvalue weighted by Gasteiger charge is 2.46. The van der Waals surface area contributed by atoms with Crippen molar-refractivity contribution in [3.05, 3.63) is 50.1 Å². The molecule has 2 aromatic heterocycles. The Morgan fingerprint density at radius 2 is 2.03 bits per heavy atom. The van der Waals surface area contributed by atoms with Gasteiger partial charge in [0.05, 0.1) is 23.5 Å². The Kier molecular flexibility index (Phi) is 4.82. The van der Waals surface area contributed by atoms with Crippen LogP contribution in [0.15, 0.2) is 32.7 Å². The van der Waals surface area contributed by atoms with Crippen molar-refractivity contribution in [1.29, 1.82) is 0 Å². The van der Waals surface area contributed by atoms with E-state index < -0.39 is 0 Å². The molecule has 158 valence electrons. The van der Waals surface area contributed by atoms with E-state index in [-0.39, 0.29) is 17.0 Å². The van der Waals surface area contributed by atoms with Gasteiger partial charge in [-0.3, -0.25) is 14.4 Å². The van der Waals surface area contributed by atoms with E-state index in [1.54, 1.807) is 10.8 Å². The van der Waals surface area contributed by atoms with Gasteiger partial charge in [-0.15, -0.1) is 0 Å². The predicted molar refractivity (Wildman–Crippen MR) is 121 cm³/mol. The van der Waals surface area contributed by atoms with E-state index in [2.05, 4.69) is 37.7 Å². The summed E-state index contributed by atoms with van der Waals surface area (Å²) in [7, 11) is 1.82. The number of fused-ring (bicyclic) bond motifs is 1. The minimum atomic E-state index is -0.0364. The fourth-order valence-electron chi connectivity index (χ4n) is 5.49. The minimum absolute atomic E-state index is 0.0364. The lowest BCUT2D eigenvalue weighted by atomic mass is 9.73. The van der Waals surface area contributed by atoms with Gasteiger partial charge in [-0.2, -0.15) is 0 Å². The average molecular weight is 471 g/mol. The normalized spacial score (nSPS) is 24.9. The number of pyridine rings is 1. The molecule has 2 aliphatic heterocycles. The molecule has 0 amide bonds. The van der Waals surface area contributed by atoms with Crippen LogP contribution in [0.1, 0.15) is 49.4 Å². The van der Waals surface area contributed by atoms with Gasteiger partial charge in [-0.1, -0.05) is 6.92 Å². The number of piperidine rings is 1. The number of rotatable bonds is 2. The zero-order valence-corrected chi connectivity index (χ0v) is 19.0. The van der Waals surface area contributed by atoms with E-state index >= 15 is 0 Å². The Hall–Kier alpha value is -2.06. The van der Waals surface area contributed by atoms with Crippen LogP contribution < -0.4 is 16.2 Å². The Balaban J connectivity index is 1.43. The number of nitrogens with zero attached hydrogens (tertiary/aromatic N) is 5. The summed E-state index contributed by atoms with van der Waals surface area (Å²) in [5, 5.41) is 0. The molecule has 1 spiro atoms. The molecule has 1 saturated carbocycles. The summed E-state index contributed by atoms with van der Waals surface area (Å²) in [6.07, 6.45) is 6.29. The molecule has 0 radical (unpaired) electrons. The third kappa shape index (κ3) is 3.03. The van der Waals surface area contributed by atoms with Crippen LogP contribution >= 0.6 is 15.9 Å². The van der Waals surface area contributed by atoms with Gasteiger partial charge in [0.25, 0.3) is 5.56 Å². The lowest BCUT2D eigenvalue weighted by Gasteiger charge is -2.43. The predicted octanol–water partition coefficient (Wildman–Crippen LogP) is 2.63. The number of hydrogen-bond donors (Lipinski definition) is 1. The third-order valence-electron chi connectivity index (χ3n) is 7.43. The van der Waals surface area contributed by atoms with Gasteiger partial charge >= 0.3 is 0 Å². The van der Waals surface area contributed by atoms with Gasteiger partial charge in [0.15, 0.2) is 0 Å². The van der Waals surface area contributed by atoms with Crippen molar-refractivity contribution in [1.82, 2.24) is 14.5 Å². The van der Waals surface area contributed by atoms with Crippen molar-refractivity contribution in [2.24, 2.45) is 29.1 Å². The molecule has 1 saturated heterocycles. The summed E-state index contributed by atoms with van der Waals surface area (Å²) >= 11 is 3.40. The van der Waals surface area contributed by atoms with Crippen molar-refractivity contribution in [2.75, 3.05) is 18.0 Å². The number of hydrogen-bond acceptors (Lipinski definition) is 6. The zero-order valence-electron chi connectivity index (χ0n) is 17.4. The SMILES string of the molecule is C[C@@H]1CCC2(CCN(c3nc4c(c(=O)n3C)C(c3ccnc(Br)c3)=NC4)CC2)[C@@H]1N. The smallest absolute Gasteiger partial charge is 0.264 e. The van der Waals surface area contributed by atoms with Gasteiger partial charge in [0.1, 0.15) is 4.60 Å². The molecule has 4 heterocycles. The van der Waals surface area contributed by atoms with Gasteiger partial charge in [0.2, 0.25) is 5.95 Å². The minimum Gasteiger partial charge on any atom is -0.342 e. The summed E-state index contributed by atoms with van der Waals surface area (Å²) in [4.78, 5) is 29.3. The molecular formula is C22H27BrN6O. The Bertz CT molecular complexity index is 1090. The number of nitrogens with two attached hydrogens (primary N) is 1. The van der Waals surface area contributed by atoms with Crippen LogP contribution in [0.4, 0.5) is 5.95 Å². The first kappa shape index (κ1) is 19.9. The molecule has 2 fully saturated rings. The second kappa shape index (κ2) is 7.27. The van der Waals surface area contributed by atoms with Crippen molar-refractivity contribution in [2.45, 2.75) is 45.2 Å². The third-order valence-corrected chi connectivity index (χ3v) is 7.86. The molecule has 5 rings (SSSR count). The highest BCUT2D eigenvalue weighted by Crippen LogP contribution is 2.48. The fourth-order valence-corrected chi connectivity index (χ4v) is 5.85.